The Kier molecular flexibility index (Phi) is 3.80. The quantitative estimate of drug-likeness (QED) is 0.849. The summed E-state index contributed by atoms with van der Waals surface area (Å²) < 4.78 is 0. The van der Waals surface area contributed by atoms with Crippen LogP contribution in [0.5, 0.6) is 0 Å². The third-order valence-corrected chi connectivity index (χ3v) is 2.76. The Bertz CT molecular complexity index is 571. The van der Waals surface area contributed by atoms with E-state index in [0.717, 1.165) is 11.1 Å². The van der Waals surface area contributed by atoms with Crippen molar-refractivity contribution in [1.29, 1.82) is 0 Å². The van der Waals surface area contributed by atoms with E-state index in [1.54, 1.807) is 12.1 Å². The van der Waals surface area contributed by atoms with Gasteiger partial charge >= 0.3 is 5.97 Å². The van der Waals surface area contributed by atoms with Gasteiger partial charge in [-0.1, -0.05) is 54.1 Å². The predicted octanol–water partition coefficient (Wildman–Crippen LogP) is 3.86. The smallest absolute Gasteiger partial charge is 0.328 e. The minimum absolute atomic E-state index is 0.626. The third-order valence-electron chi connectivity index (χ3n) is 2.51. The van der Waals surface area contributed by atoms with Gasteiger partial charge in [0.05, 0.1) is 0 Å². The highest BCUT2D eigenvalue weighted by Gasteiger charge is 2.06. The van der Waals surface area contributed by atoms with Gasteiger partial charge < -0.3 is 5.11 Å². The first kappa shape index (κ1) is 12.4. The molecule has 0 spiro atoms. The van der Waals surface area contributed by atoms with Gasteiger partial charge in [0.15, 0.2) is 0 Å². The average Bonchev–Trinajstić information content (AvgIpc) is 2.38. The molecule has 0 saturated heterocycles. The van der Waals surface area contributed by atoms with Crippen LogP contribution in [0.2, 0.25) is 5.02 Å². The topological polar surface area (TPSA) is 37.3 Å². The van der Waals surface area contributed by atoms with Crippen molar-refractivity contribution < 1.29 is 9.90 Å². The third kappa shape index (κ3) is 2.99. The molecule has 0 heterocycles. The minimum atomic E-state index is -0.969. The molecular weight excluding hydrogens is 248 g/mol. The summed E-state index contributed by atoms with van der Waals surface area (Å²) in [6.45, 7) is 0. The van der Waals surface area contributed by atoms with Crippen LogP contribution in [0.25, 0.3) is 5.57 Å². The number of rotatable bonds is 3. The van der Waals surface area contributed by atoms with Crippen LogP contribution in [0.15, 0.2) is 60.7 Å². The first-order chi connectivity index (χ1) is 8.66. The van der Waals surface area contributed by atoms with Crippen LogP contribution in [0.4, 0.5) is 0 Å². The fourth-order valence-electron chi connectivity index (χ4n) is 1.70. The molecule has 0 amide bonds. The highest BCUT2D eigenvalue weighted by Crippen LogP contribution is 2.24. The van der Waals surface area contributed by atoms with Gasteiger partial charge in [0.2, 0.25) is 0 Å². The van der Waals surface area contributed by atoms with Gasteiger partial charge in [-0.25, -0.2) is 4.79 Å². The largest absolute Gasteiger partial charge is 0.478 e. The van der Waals surface area contributed by atoms with E-state index in [-0.39, 0.29) is 0 Å². The van der Waals surface area contributed by atoms with Crippen molar-refractivity contribution in [2.45, 2.75) is 0 Å². The van der Waals surface area contributed by atoms with Crippen LogP contribution < -0.4 is 0 Å². The van der Waals surface area contributed by atoms with Crippen molar-refractivity contribution in [2.75, 3.05) is 0 Å². The molecule has 0 saturated carbocycles. The maximum atomic E-state index is 10.9. The summed E-state index contributed by atoms with van der Waals surface area (Å²) in [7, 11) is 0. The van der Waals surface area contributed by atoms with Crippen LogP contribution in [-0.4, -0.2) is 11.1 Å². The van der Waals surface area contributed by atoms with E-state index >= 15 is 0 Å². The number of hydrogen-bond donors (Lipinski definition) is 1. The van der Waals surface area contributed by atoms with E-state index in [2.05, 4.69) is 0 Å². The Labute approximate surface area is 110 Å². The first-order valence-electron chi connectivity index (χ1n) is 5.43. The summed E-state index contributed by atoms with van der Waals surface area (Å²) in [6.07, 6.45) is 1.21. The molecule has 0 fully saturated rings. The normalized spacial score (nSPS) is 11.3. The SMILES string of the molecule is O=C(O)/C=C(/c1ccccc1)c1ccc(Cl)cc1. The molecule has 0 unspecified atom stereocenters. The summed E-state index contributed by atoms with van der Waals surface area (Å²) >= 11 is 5.83. The van der Waals surface area contributed by atoms with E-state index in [1.807, 2.05) is 42.5 Å². The van der Waals surface area contributed by atoms with Crippen molar-refractivity contribution in [3.8, 4) is 0 Å². The second kappa shape index (κ2) is 5.52. The molecule has 3 heteroatoms. The van der Waals surface area contributed by atoms with Crippen molar-refractivity contribution in [1.82, 2.24) is 0 Å². The van der Waals surface area contributed by atoms with E-state index in [1.165, 1.54) is 6.08 Å². The monoisotopic (exact) mass is 258 g/mol. The molecular formula is C15H11ClO2. The van der Waals surface area contributed by atoms with Crippen molar-refractivity contribution >= 4 is 23.1 Å². The van der Waals surface area contributed by atoms with Gasteiger partial charge in [-0.15, -0.1) is 0 Å². The zero-order valence-electron chi connectivity index (χ0n) is 9.51. The zero-order chi connectivity index (χ0) is 13.0. The molecule has 1 N–H and O–H groups in total. The molecule has 0 aromatic heterocycles. The molecule has 2 rings (SSSR count). The van der Waals surface area contributed by atoms with Gasteiger partial charge in [0.1, 0.15) is 0 Å². The average molecular weight is 259 g/mol. The molecule has 2 aromatic carbocycles. The lowest BCUT2D eigenvalue weighted by Gasteiger charge is -2.07. The highest BCUT2D eigenvalue weighted by atomic mass is 35.5. The first-order valence-corrected chi connectivity index (χ1v) is 5.80. The molecule has 0 aliphatic carbocycles. The summed E-state index contributed by atoms with van der Waals surface area (Å²) in [5, 5.41) is 9.59. The molecule has 2 nitrogen and oxygen atoms in total. The number of hydrogen-bond acceptors (Lipinski definition) is 1. The Balaban J connectivity index is 2.51. The molecule has 0 aliphatic rings. The molecule has 0 radical (unpaired) electrons. The standard InChI is InChI=1S/C15H11ClO2/c16-13-8-6-12(7-9-13)14(10-15(17)18)11-4-2-1-3-5-11/h1-10H,(H,17,18)/b14-10-. The van der Waals surface area contributed by atoms with Gasteiger partial charge in [0, 0.05) is 11.1 Å². The zero-order valence-corrected chi connectivity index (χ0v) is 10.3. The summed E-state index contributed by atoms with van der Waals surface area (Å²) in [4.78, 5) is 10.9. The summed E-state index contributed by atoms with van der Waals surface area (Å²) in [5.74, 6) is -0.969. The van der Waals surface area contributed by atoms with Gasteiger partial charge in [-0.2, -0.15) is 0 Å². The van der Waals surface area contributed by atoms with Crippen LogP contribution >= 0.6 is 11.6 Å². The van der Waals surface area contributed by atoms with Crippen LogP contribution in [-0.2, 0) is 4.79 Å². The Morgan fingerprint density at radius 3 is 2.06 bits per heavy atom. The number of benzene rings is 2. The van der Waals surface area contributed by atoms with Crippen molar-refractivity contribution in [2.24, 2.45) is 0 Å². The Hall–Kier alpha value is -2.06. The Morgan fingerprint density at radius 2 is 1.50 bits per heavy atom. The molecule has 0 bridgehead atoms. The summed E-state index contributed by atoms with van der Waals surface area (Å²) in [5.41, 5.74) is 2.36. The highest BCUT2D eigenvalue weighted by molar-refractivity contribution is 6.30. The molecule has 18 heavy (non-hydrogen) atoms. The molecule has 0 atom stereocenters. The van der Waals surface area contributed by atoms with E-state index in [0.29, 0.717) is 10.6 Å². The number of carboxylic acids is 1. The predicted molar refractivity (Wildman–Crippen MR) is 72.6 cm³/mol. The number of carboxylic acid groups (broad SMARTS) is 1. The van der Waals surface area contributed by atoms with E-state index < -0.39 is 5.97 Å². The lowest BCUT2D eigenvalue weighted by atomic mass is 9.98. The maximum absolute atomic E-state index is 10.9. The molecule has 2 aromatic rings. The van der Waals surface area contributed by atoms with Crippen molar-refractivity contribution in [3.05, 3.63) is 76.8 Å². The van der Waals surface area contributed by atoms with E-state index in [9.17, 15) is 4.79 Å². The second-order valence-electron chi connectivity index (χ2n) is 3.77. The van der Waals surface area contributed by atoms with Gasteiger partial charge in [-0.05, 0) is 28.8 Å². The van der Waals surface area contributed by atoms with Gasteiger partial charge in [-0.3, -0.25) is 0 Å². The number of halogens is 1. The maximum Gasteiger partial charge on any atom is 0.328 e. The van der Waals surface area contributed by atoms with Crippen molar-refractivity contribution in [3.63, 3.8) is 0 Å². The Morgan fingerprint density at radius 1 is 0.944 bits per heavy atom. The fraction of sp³-hybridized carbons (Fsp3) is 0. The summed E-state index contributed by atoms with van der Waals surface area (Å²) in [6, 6.07) is 16.5. The molecule has 0 aliphatic heterocycles. The van der Waals surface area contributed by atoms with Crippen LogP contribution in [0.3, 0.4) is 0 Å². The van der Waals surface area contributed by atoms with E-state index in [4.69, 9.17) is 16.7 Å². The lowest BCUT2D eigenvalue weighted by molar-refractivity contribution is -0.131. The number of carbonyl (C=O) groups is 1. The minimum Gasteiger partial charge on any atom is -0.478 e. The lowest BCUT2D eigenvalue weighted by Crippen LogP contribution is -1.94. The molecule has 90 valence electrons. The van der Waals surface area contributed by atoms with Gasteiger partial charge in [0.25, 0.3) is 0 Å². The van der Waals surface area contributed by atoms with Crippen LogP contribution in [0, 0.1) is 0 Å². The number of aliphatic carboxylic acids is 1. The fourth-order valence-corrected chi connectivity index (χ4v) is 1.83. The van der Waals surface area contributed by atoms with Crippen LogP contribution in [0.1, 0.15) is 11.1 Å². The second-order valence-corrected chi connectivity index (χ2v) is 4.21.